The van der Waals surface area contributed by atoms with Crippen LogP contribution < -0.4 is 5.32 Å². The summed E-state index contributed by atoms with van der Waals surface area (Å²) in [4.78, 5) is 0. The number of rotatable bonds is 17. The Morgan fingerprint density at radius 1 is 0.654 bits per heavy atom. The summed E-state index contributed by atoms with van der Waals surface area (Å²) in [6.45, 7) is 3.46. The molecule has 0 unspecified atom stereocenters. The molecule has 0 bridgehead atoms. The van der Waals surface area contributed by atoms with E-state index in [9.17, 15) is 0 Å². The van der Waals surface area contributed by atoms with E-state index in [1.807, 2.05) is 12.1 Å². The van der Waals surface area contributed by atoms with E-state index in [4.69, 9.17) is 5.11 Å². The molecule has 0 aromatic heterocycles. The first-order valence-electron chi connectivity index (χ1n) is 10.8. The summed E-state index contributed by atoms with van der Waals surface area (Å²) in [6, 6.07) is 8.06. The second-order valence-corrected chi connectivity index (χ2v) is 7.38. The normalized spacial score (nSPS) is 10.5. The van der Waals surface area contributed by atoms with Gasteiger partial charge in [-0.1, -0.05) is 103 Å². The first kappa shape index (κ1) is 25.5. The van der Waals surface area contributed by atoms with Gasteiger partial charge in [0.25, 0.3) is 0 Å². The number of anilines is 1. The van der Waals surface area contributed by atoms with Crippen LogP contribution in [0.4, 0.5) is 5.69 Å². The van der Waals surface area contributed by atoms with Crippen LogP contribution in [-0.2, 0) is 6.61 Å². The smallest absolute Gasteiger partial charge is 0.0681 e. The van der Waals surface area contributed by atoms with Gasteiger partial charge in [0.2, 0.25) is 0 Å². The van der Waals surface area contributed by atoms with E-state index in [0.717, 1.165) is 17.8 Å². The Morgan fingerprint density at radius 2 is 1.08 bits per heavy atom. The van der Waals surface area contributed by atoms with Gasteiger partial charge in [0.05, 0.1) is 6.61 Å². The molecular weight excluding hydrogens is 386 g/mol. The zero-order valence-electron chi connectivity index (χ0n) is 17.0. The van der Waals surface area contributed by atoms with Crippen molar-refractivity contribution in [3.05, 3.63) is 29.8 Å². The Bertz CT molecular complexity index is 394. The Hall–Kier alpha value is -0.540. The Kier molecular flexibility index (Phi) is 18.8. The molecule has 0 aliphatic heterocycles. The Labute approximate surface area is 172 Å². The summed E-state index contributed by atoms with van der Waals surface area (Å²) < 4.78 is 0. The van der Waals surface area contributed by atoms with E-state index in [1.54, 1.807) is 0 Å². The van der Waals surface area contributed by atoms with Gasteiger partial charge in [-0.15, -0.1) is 17.0 Å². The number of nitrogens with one attached hydrogen (secondary N) is 1. The third-order valence-electron chi connectivity index (χ3n) is 5.00. The molecule has 0 aliphatic rings. The molecule has 2 nitrogen and oxygen atoms in total. The summed E-state index contributed by atoms with van der Waals surface area (Å²) in [5, 5.41) is 12.5. The topological polar surface area (TPSA) is 32.3 Å². The first-order valence-corrected chi connectivity index (χ1v) is 10.8. The van der Waals surface area contributed by atoms with Crippen molar-refractivity contribution in [2.45, 2.75) is 103 Å². The Balaban J connectivity index is 0.00000625. The quantitative estimate of drug-likeness (QED) is 0.250. The fourth-order valence-electron chi connectivity index (χ4n) is 3.28. The van der Waals surface area contributed by atoms with Gasteiger partial charge in [0.15, 0.2) is 0 Å². The highest BCUT2D eigenvalue weighted by Gasteiger charge is 1.95. The first-order chi connectivity index (χ1) is 12.4. The minimum atomic E-state index is 0. The molecule has 0 heterocycles. The lowest BCUT2D eigenvalue weighted by Crippen LogP contribution is -2.01. The molecule has 26 heavy (non-hydrogen) atoms. The van der Waals surface area contributed by atoms with Gasteiger partial charge in [-0.2, -0.15) is 0 Å². The minimum absolute atomic E-state index is 0. The van der Waals surface area contributed by atoms with Gasteiger partial charge in [0, 0.05) is 12.2 Å². The molecule has 0 saturated carbocycles. The van der Waals surface area contributed by atoms with E-state index < -0.39 is 0 Å². The van der Waals surface area contributed by atoms with Gasteiger partial charge in [-0.3, -0.25) is 0 Å². The number of aliphatic hydroxyl groups excluding tert-OH is 1. The van der Waals surface area contributed by atoms with Crippen LogP contribution >= 0.6 is 17.0 Å². The van der Waals surface area contributed by atoms with Crippen LogP contribution in [0.25, 0.3) is 0 Å². The predicted molar refractivity (Wildman–Crippen MR) is 121 cm³/mol. The number of hydrogen-bond acceptors (Lipinski definition) is 2. The minimum Gasteiger partial charge on any atom is -0.392 e. The standard InChI is InChI=1S/C23H41NO.BrH/c1-2-3-4-5-6-7-8-9-10-11-12-13-14-15-20-24-23-18-16-22(21-25)17-19-23;/h16-19,24-25H,2-15,20-21H2,1H3;1H. The lowest BCUT2D eigenvalue weighted by Gasteiger charge is -2.07. The van der Waals surface area contributed by atoms with Crippen molar-refractivity contribution < 1.29 is 5.11 Å². The largest absolute Gasteiger partial charge is 0.392 e. The second-order valence-electron chi connectivity index (χ2n) is 7.38. The molecule has 3 heteroatoms. The SMILES string of the molecule is Br.CCCCCCCCCCCCCCCCNc1ccc(CO)cc1. The van der Waals surface area contributed by atoms with Crippen LogP contribution in [0, 0.1) is 0 Å². The van der Waals surface area contributed by atoms with E-state index in [0.29, 0.717) is 0 Å². The maximum atomic E-state index is 9.02. The van der Waals surface area contributed by atoms with Gasteiger partial charge in [-0.05, 0) is 24.1 Å². The summed E-state index contributed by atoms with van der Waals surface area (Å²) in [5.41, 5.74) is 2.13. The molecule has 0 fully saturated rings. The molecule has 1 aromatic rings. The fraction of sp³-hybridized carbons (Fsp3) is 0.739. The van der Waals surface area contributed by atoms with E-state index >= 15 is 0 Å². The maximum absolute atomic E-state index is 9.02. The van der Waals surface area contributed by atoms with Gasteiger partial charge in [-0.25, -0.2) is 0 Å². The van der Waals surface area contributed by atoms with Crippen molar-refractivity contribution in [3.8, 4) is 0 Å². The van der Waals surface area contributed by atoms with E-state index in [2.05, 4.69) is 24.4 Å². The third kappa shape index (κ3) is 14.6. The molecule has 0 saturated heterocycles. The number of aliphatic hydroxyl groups is 1. The lowest BCUT2D eigenvalue weighted by atomic mass is 10.0. The number of hydrogen-bond donors (Lipinski definition) is 2. The molecule has 0 radical (unpaired) electrons. The maximum Gasteiger partial charge on any atom is 0.0681 e. The lowest BCUT2D eigenvalue weighted by molar-refractivity contribution is 0.282. The molecule has 0 atom stereocenters. The predicted octanol–water partition coefficient (Wildman–Crippen LogP) is 7.65. The molecule has 1 rings (SSSR count). The van der Waals surface area contributed by atoms with Crippen LogP contribution in [-0.4, -0.2) is 11.7 Å². The van der Waals surface area contributed by atoms with Crippen molar-refractivity contribution in [1.29, 1.82) is 0 Å². The van der Waals surface area contributed by atoms with Crippen molar-refractivity contribution in [2.75, 3.05) is 11.9 Å². The van der Waals surface area contributed by atoms with Crippen molar-refractivity contribution >= 4 is 22.7 Å². The van der Waals surface area contributed by atoms with Crippen LogP contribution in [0.15, 0.2) is 24.3 Å². The van der Waals surface area contributed by atoms with Gasteiger partial charge < -0.3 is 10.4 Å². The summed E-state index contributed by atoms with van der Waals surface area (Å²) in [5.74, 6) is 0. The summed E-state index contributed by atoms with van der Waals surface area (Å²) in [7, 11) is 0. The highest BCUT2D eigenvalue weighted by atomic mass is 79.9. The zero-order chi connectivity index (χ0) is 18.0. The number of halogens is 1. The molecule has 0 aliphatic carbocycles. The average Bonchev–Trinajstić information content (AvgIpc) is 2.65. The fourth-order valence-corrected chi connectivity index (χ4v) is 3.28. The van der Waals surface area contributed by atoms with Crippen molar-refractivity contribution in [2.24, 2.45) is 0 Å². The summed E-state index contributed by atoms with van der Waals surface area (Å²) in [6.07, 6.45) is 19.7. The third-order valence-corrected chi connectivity index (χ3v) is 5.00. The monoisotopic (exact) mass is 427 g/mol. The van der Waals surface area contributed by atoms with Crippen LogP contribution in [0.3, 0.4) is 0 Å². The van der Waals surface area contributed by atoms with Crippen LogP contribution in [0.5, 0.6) is 0 Å². The highest BCUT2D eigenvalue weighted by molar-refractivity contribution is 8.93. The second kappa shape index (κ2) is 19.2. The van der Waals surface area contributed by atoms with Crippen molar-refractivity contribution in [3.63, 3.8) is 0 Å². The van der Waals surface area contributed by atoms with Crippen LogP contribution in [0.1, 0.15) is 102 Å². The van der Waals surface area contributed by atoms with Crippen molar-refractivity contribution in [1.82, 2.24) is 0 Å². The Morgan fingerprint density at radius 3 is 1.50 bits per heavy atom. The number of benzene rings is 1. The number of unbranched alkanes of at least 4 members (excludes halogenated alkanes) is 13. The molecular formula is C23H42BrNO. The van der Waals surface area contributed by atoms with Gasteiger partial charge >= 0.3 is 0 Å². The average molecular weight is 428 g/mol. The van der Waals surface area contributed by atoms with Crippen LogP contribution in [0.2, 0.25) is 0 Å². The van der Waals surface area contributed by atoms with Gasteiger partial charge in [0.1, 0.15) is 0 Å². The molecule has 0 amide bonds. The molecule has 2 N–H and O–H groups in total. The molecule has 152 valence electrons. The molecule has 1 aromatic carbocycles. The highest BCUT2D eigenvalue weighted by Crippen LogP contribution is 2.13. The van der Waals surface area contributed by atoms with E-state index in [-0.39, 0.29) is 23.6 Å². The molecule has 0 spiro atoms. The zero-order valence-corrected chi connectivity index (χ0v) is 18.7. The summed E-state index contributed by atoms with van der Waals surface area (Å²) >= 11 is 0. The van der Waals surface area contributed by atoms with E-state index in [1.165, 1.54) is 89.9 Å².